The Bertz CT molecular complexity index is 6090. The minimum absolute atomic E-state index is 0.00576. The van der Waals surface area contributed by atoms with Crippen LogP contribution >= 0.6 is 69.7 Å². The van der Waals surface area contributed by atoms with E-state index >= 15 is 9.59 Å². The van der Waals surface area contributed by atoms with Crippen molar-refractivity contribution in [2.24, 2.45) is 10.3 Å². The van der Waals surface area contributed by atoms with Crippen molar-refractivity contribution in [2.75, 3.05) is 59.0 Å². The largest absolute Gasteiger partial charge is 0.504 e. The van der Waals surface area contributed by atoms with Gasteiger partial charge >= 0.3 is 35.8 Å². The lowest BCUT2D eigenvalue weighted by molar-refractivity contribution is -0.648. The number of pyridine rings is 2. The van der Waals surface area contributed by atoms with Crippen molar-refractivity contribution in [1.29, 1.82) is 0 Å². The van der Waals surface area contributed by atoms with Crippen LogP contribution in [0, 0.1) is 0 Å². The quantitative estimate of drug-likeness (QED) is 0.00205. The number of phenolic OH excluding ortho intramolecular Hbond substituents is 2. The molecule has 130 heavy (non-hydrogen) atoms. The second-order valence-electron chi connectivity index (χ2n) is 28.7. The summed E-state index contributed by atoms with van der Waals surface area (Å²) in [4.78, 5) is 158. The Morgan fingerprint density at radius 1 is 0.531 bits per heavy atom. The predicted molar refractivity (Wildman–Crippen MR) is 484 cm³/mol. The molecule has 0 saturated carbocycles. The van der Waals surface area contributed by atoms with Gasteiger partial charge in [0, 0.05) is 92.8 Å². The molecule has 11 aromatic rings. The minimum atomic E-state index is -1.84. The van der Waals surface area contributed by atoms with E-state index in [4.69, 9.17) is 34.6 Å². The van der Waals surface area contributed by atoms with Gasteiger partial charge < -0.3 is 71.1 Å². The number of nitrogens with one attached hydrogen (secondary N) is 5. The number of thiazole rings is 2. The Hall–Kier alpha value is -14.6. The molecule has 15 rings (SSSR count). The zero-order valence-corrected chi connectivity index (χ0v) is 73.9. The second kappa shape index (κ2) is 41.5. The number of nitrogens with zero attached hydrogens (tertiary/aromatic N) is 8. The fourth-order valence-electron chi connectivity index (χ4n) is 14.2. The third-order valence-corrected chi connectivity index (χ3v) is 26.6. The monoisotopic (exact) mass is 1870 g/mol. The third-order valence-electron chi connectivity index (χ3n) is 20.3. The van der Waals surface area contributed by atoms with Crippen LogP contribution in [0.4, 0.5) is 10.3 Å². The van der Waals surface area contributed by atoms with Crippen LogP contribution in [0.15, 0.2) is 291 Å². The molecule has 4 aromatic heterocycles. The Labute approximate surface area is 766 Å². The van der Waals surface area contributed by atoms with Crippen molar-refractivity contribution in [3.63, 3.8) is 0 Å². The van der Waals surface area contributed by atoms with Gasteiger partial charge in [-0.3, -0.25) is 38.6 Å². The van der Waals surface area contributed by atoms with E-state index in [1.54, 1.807) is 77.4 Å². The summed E-state index contributed by atoms with van der Waals surface area (Å²) < 4.78 is 20.7. The molecule has 0 spiro atoms. The first-order chi connectivity index (χ1) is 62.8. The van der Waals surface area contributed by atoms with Gasteiger partial charge in [-0.05, 0) is 63.2 Å². The van der Waals surface area contributed by atoms with Crippen molar-refractivity contribution < 1.29 is 107 Å². The molecule has 1 unspecified atom stereocenters. The van der Waals surface area contributed by atoms with Crippen LogP contribution in [0.3, 0.4) is 0 Å². The number of benzene rings is 7. The highest BCUT2D eigenvalue weighted by molar-refractivity contribution is 8.01. The summed E-state index contributed by atoms with van der Waals surface area (Å²) in [6.45, 7) is 2.31. The topological polar surface area (TPSA) is 469 Å². The number of hydrogen-bond donors (Lipinski definition) is 11. The lowest BCUT2D eigenvalue weighted by atomic mass is 9.77. The number of carboxylic acid groups (broad SMARTS) is 3. The summed E-state index contributed by atoms with van der Waals surface area (Å²) in [5, 5.41) is 68.7. The van der Waals surface area contributed by atoms with Crippen LogP contribution in [0.1, 0.15) is 82.5 Å². The number of hydrogen-bond acceptors (Lipinski definition) is 31. The van der Waals surface area contributed by atoms with Crippen molar-refractivity contribution in [3.8, 4) is 23.0 Å². The number of aliphatic carboxylic acids is 3. The number of nitrogens with two attached hydrogens (primary N) is 1. The van der Waals surface area contributed by atoms with Gasteiger partial charge in [-0.15, -0.1) is 69.7 Å². The standard InChI is InChI=1S/C63H53N7O11S3.C27H25N7O9S3/c1-39(71)78-50-30-29-43(35-51(50)79-40(2)72)56(61(77)80-55(41-19-9-4-10-20-41)42-21-11-5-12-22-42)81-68-52(57(73)66-53-58(74)70-54(60(75)76)44(37-83-59(53)70)36-82-48-31-33-69(64-3)34-32-48)49-38-84-62(65-49)67-63(45-23-13-6-14-24-45,46-25-15-7-16-26-46)47-27-17-8-18-28-47;1-29-33-6-4-14(5-7-33)44-9-13-10-45-24-19(23(38)34(24)20(13)25(39)40)31-22(37)18(15-11-46-27(28)30-15)32-43-21(26(41)42)12-2-3-16(35)17(36)8-12/h4-35,38,53,55-56,59,64H,36-37H2,1-3H3,(H2-,65,66,67,73,75,76);2-8,11,19,21,24,29H,9-10H2,1H3,(H6-,28,30,31,32,35,36,37,39,40,41,42)/p+2/b68-52-;/t53?,56-,59-;19-,21+,24+/m01/s1. The van der Waals surface area contributed by atoms with Crippen LogP contribution in [-0.4, -0.2) is 176 Å². The first kappa shape index (κ1) is 91.6. The highest BCUT2D eigenvalue weighted by Gasteiger charge is 2.56. The maximum absolute atomic E-state index is 15.2. The number of fused-ring (bicyclic) bond motifs is 2. The maximum atomic E-state index is 15.2. The SMILES string of the molecule is CN[n+]1ccc(SCC2=C(C(=O)O)N3C(=O)C(NC(=O)/C(=N\O[C@H](C(=O)OC(c4ccccc4)c4ccccc4)c4ccc(OC(C)=O)c(OC(C)=O)c4)c4csc(NC(c5ccccc5)(c5ccccc5)c5ccccc5)n4)[C@@H]3SC2)cc1.CN[n+]1ccc(SCC2=C(C(=O)O)N3C(=O)[C@@H](NC(=O)/C(=N\O[C@H](C(=O)O)c4ccc(O)c(O)c4)c4csc(N)n4)[C@@H]3SC2)cc1. The predicted octanol–water partition coefficient (Wildman–Crippen LogP) is 9.86. The smallest absolute Gasteiger partial charge is 0.355 e. The number of aromatic nitrogens is 4. The van der Waals surface area contributed by atoms with E-state index in [2.05, 4.69) is 42.1 Å². The van der Waals surface area contributed by atoms with Crippen LogP contribution in [0.5, 0.6) is 23.0 Å². The number of carbonyl (C=O) groups is 10. The summed E-state index contributed by atoms with van der Waals surface area (Å²) in [5.74, 6) is -10.1. The lowest BCUT2D eigenvalue weighted by Gasteiger charge is -2.49. The zero-order chi connectivity index (χ0) is 91.9. The van der Waals surface area contributed by atoms with Crippen LogP contribution in [-0.2, 0) is 67.9 Å². The van der Waals surface area contributed by atoms with Crippen LogP contribution in [0.25, 0.3) is 0 Å². The van der Waals surface area contributed by atoms with Crippen molar-refractivity contribution in [2.45, 2.75) is 70.3 Å². The fourth-order valence-corrected chi connectivity index (χ4v) is 20.2. The molecule has 6 atom stereocenters. The number of nitrogen functional groups attached to an aromatic ring is 1. The summed E-state index contributed by atoms with van der Waals surface area (Å²) in [6, 6.07) is 59.6. The van der Waals surface area contributed by atoms with Gasteiger partial charge in [0.15, 0.2) is 50.8 Å². The number of carboxylic acids is 3. The molecular weight excluding hydrogens is 1790 g/mol. The molecule has 0 radical (unpaired) electrons. The molecule has 2 saturated heterocycles. The van der Waals surface area contributed by atoms with Gasteiger partial charge in [0.25, 0.3) is 23.6 Å². The summed E-state index contributed by atoms with van der Waals surface area (Å²) in [6.07, 6.45) is 2.65. The number of β-lactam (4-membered cyclic amide) rings is 2. The van der Waals surface area contributed by atoms with Crippen molar-refractivity contribution >= 4 is 151 Å². The first-order valence-corrected chi connectivity index (χ1v) is 45.3. The Kier molecular flexibility index (Phi) is 29.2. The van der Waals surface area contributed by atoms with Gasteiger partial charge in [-0.25, -0.2) is 29.1 Å². The van der Waals surface area contributed by atoms with Crippen molar-refractivity contribution in [3.05, 3.63) is 321 Å². The zero-order valence-electron chi connectivity index (χ0n) is 69.0. The molecule has 664 valence electrons. The number of ether oxygens (including phenoxy) is 3. The molecule has 8 heterocycles. The highest BCUT2D eigenvalue weighted by Crippen LogP contribution is 2.46. The van der Waals surface area contributed by atoms with E-state index in [1.165, 1.54) is 88.5 Å². The maximum Gasteiger partial charge on any atom is 0.355 e. The second-order valence-corrected chi connectivity index (χ2v) is 34.7. The van der Waals surface area contributed by atoms with Crippen molar-refractivity contribution in [1.82, 2.24) is 30.4 Å². The van der Waals surface area contributed by atoms with Gasteiger partial charge in [0.2, 0.25) is 37.0 Å². The summed E-state index contributed by atoms with van der Waals surface area (Å²) in [7, 11) is 3.55. The average molecular weight is 1870 g/mol. The number of carbonyl (C=O) groups excluding carboxylic acids is 7. The molecule has 40 heteroatoms. The molecule has 12 N–H and O–H groups in total. The number of oxime groups is 2. The highest BCUT2D eigenvalue weighted by atomic mass is 32.2. The molecular formula is C90H80N14O20S6+2. The number of thioether (sulfide) groups is 4. The fraction of sp³-hybridized carbons (Fsp3) is 0.178. The summed E-state index contributed by atoms with van der Waals surface area (Å²) >= 11 is 7.56. The third kappa shape index (κ3) is 20.8. The van der Waals surface area contributed by atoms with E-state index in [0.717, 1.165) is 73.1 Å². The summed E-state index contributed by atoms with van der Waals surface area (Å²) in [5.41, 5.74) is 14.0. The molecule has 4 aliphatic heterocycles. The van der Waals surface area contributed by atoms with Crippen LogP contribution in [0.2, 0.25) is 0 Å². The number of aromatic hydroxyl groups is 2. The molecule has 34 nitrogen and oxygen atoms in total. The molecule has 7 aromatic carbocycles. The Balaban J connectivity index is 0.000000249. The van der Waals surface area contributed by atoms with Gasteiger partial charge in [-0.2, -0.15) is 10.9 Å². The molecule has 2 fully saturated rings. The molecule has 4 aliphatic rings. The van der Waals surface area contributed by atoms with E-state index < -0.39 is 129 Å². The number of amides is 4. The van der Waals surface area contributed by atoms with E-state index in [-0.39, 0.29) is 62.0 Å². The molecule has 4 amide bonds. The van der Waals surface area contributed by atoms with E-state index in [0.29, 0.717) is 38.9 Å². The minimum Gasteiger partial charge on any atom is -0.504 e. The molecule has 0 aliphatic carbocycles. The number of anilines is 2. The first-order valence-electron chi connectivity index (χ1n) is 39.5. The normalized spacial score (nSPS) is 16.3. The van der Waals surface area contributed by atoms with Crippen LogP contribution < -0.4 is 51.4 Å². The van der Waals surface area contributed by atoms with Gasteiger partial charge in [0.05, 0.1) is 14.1 Å². The Morgan fingerprint density at radius 2 is 0.954 bits per heavy atom. The van der Waals surface area contributed by atoms with Gasteiger partial charge in [-0.1, -0.05) is 183 Å². The lowest BCUT2D eigenvalue weighted by Crippen LogP contribution is -2.71. The number of phenols is 2. The number of esters is 3. The van der Waals surface area contributed by atoms with E-state index in [9.17, 15) is 63.9 Å². The molecule has 0 bridgehead atoms. The Morgan fingerprint density at radius 3 is 1.38 bits per heavy atom. The number of rotatable bonds is 34. The average Bonchev–Trinajstić information content (AvgIpc) is 0.814. The van der Waals surface area contributed by atoms with E-state index in [1.807, 2.05) is 152 Å². The van der Waals surface area contributed by atoms with Gasteiger partial charge in [0.1, 0.15) is 51.2 Å².